The number of methoxy groups -OCH3 is 1. The smallest absolute Gasteiger partial charge is 0.253 e. The lowest BCUT2D eigenvalue weighted by atomic mass is 10.1. The summed E-state index contributed by atoms with van der Waals surface area (Å²) in [5, 5.41) is 5.25. The third-order valence-electron chi connectivity index (χ3n) is 5.07. The van der Waals surface area contributed by atoms with Crippen molar-refractivity contribution in [2.24, 2.45) is 0 Å². The van der Waals surface area contributed by atoms with Crippen LogP contribution in [0.2, 0.25) is 5.02 Å². The van der Waals surface area contributed by atoms with Gasteiger partial charge in [-0.25, -0.2) is 0 Å². The van der Waals surface area contributed by atoms with Gasteiger partial charge in [-0.05, 0) is 60.2 Å². The van der Waals surface area contributed by atoms with E-state index < -0.39 is 0 Å². The van der Waals surface area contributed by atoms with E-state index in [1.165, 1.54) is 0 Å². The minimum atomic E-state index is -0.147. The van der Waals surface area contributed by atoms with Crippen LogP contribution in [0.5, 0.6) is 5.75 Å². The lowest BCUT2D eigenvalue weighted by molar-refractivity contribution is 0.411. The Balaban J connectivity index is 1.65. The molecule has 0 aliphatic heterocycles. The van der Waals surface area contributed by atoms with Gasteiger partial charge in [-0.2, -0.15) is 0 Å². The molecule has 0 radical (unpaired) electrons. The van der Waals surface area contributed by atoms with E-state index >= 15 is 0 Å². The predicted molar refractivity (Wildman–Crippen MR) is 134 cm³/mol. The van der Waals surface area contributed by atoms with Gasteiger partial charge in [0, 0.05) is 33.7 Å². The molecule has 0 amide bonds. The van der Waals surface area contributed by atoms with Crippen molar-refractivity contribution < 1.29 is 4.74 Å². The molecule has 0 spiro atoms. The average Bonchev–Trinajstić information content (AvgIpc) is 2.79. The Bertz CT molecular complexity index is 1310. The Morgan fingerprint density at radius 3 is 2.59 bits per heavy atom. The number of anilines is 1. The van der Waals surface area contributed by atoms with Crippen LogP contribution in [0, 0.1) is 0 Å². The molecule has 0 aliphatic rings. The zero-order valence-electron chi connectivity index (χ0n) is 17.5. The van der Waals surface area contributed by atoms with Crippen molar-refractivity contribution in [1.82, 2.24) is 9.88 Å². The van der Waals surface area contributed by atoms with Gasteiger partial charge in [0.15, 0.2) is 5.11 Å². The number of nitrogens with one attached hydrogen (secondary N) is 2. The Hall–Kier alpha value is -3.35. The predicted octanol–water partition coefficient (Wildman–Crippen LogP) is 5.59. The number of pyridine rings is 1. The Morgan fingerprint density at radius 2 is 1.84 bits per heavy atom. The standard InChI is InChI=1S/C25H22ClN3O2S/c1-31-22-10-11-23-18(13-22)12-19(24(30)28-23)16-29(15-17-6-3-2-4-7-17)25(32)27-21-9-5-8-20(26)14-21/h2-14H,15-16H2,1H3,(H,27,32)(H,28,30). The van der Waals surface area contributed by atoms with E-state index in [-0.39, 0.29) is 5.56 Å². The van der Waals surface area contributed by atoms with E-state index in [0.717, 1.165) is 27.9 Å². The fourth-order valence-corrected chi connectivity index (χ4v) is 3.89. The van der Waals surface area contributed by atoms with Crippen molar-refractivity contribution in [3.05, 3.63) is 105 Å². The molecule has 0 unspecified atom stereocenters. The second-order valence-electron chi connectivity index (χ2n) is 7.36. The lowest BCUT2D eigenvalue weighted by Gasteiger charge is -2.26. The number of nitrogens with zero attached hydrogens (tertiary/aromatic N) is 1. The third kappa shape index (κ3) is 5.28. The van der Waals surface area contributed by atoms with E-state index in [4.69, 9.17) is 28.6 Å². The highest BCUT2D eigenvalue weighted by atomic mass is 35.5. The summed E-state index contributed by atoms with van der Waals surface area (Å²) < 4.78 is 5.32. The number of halogens is 1. The molecule has 1 aromatic heterocycles. The minimum absolute atomic E-state index is 0.147. The van der Waals surface area contributed by atoms with Gasteiger partial charge in [-0.3, -0.25) is 4.79 Å². The average molecular weight is 464 g/mol. The molecule has 5 nitrogen and oxygen atoms in total. The van der Waals surface area contributed by atoms with Gasteiger partial charge in [0.05, 0.1) is 13.7 Å². The van der Waals surface area contributed by atoms with Gasteiger partial charge in [0.1, 0.15) is 5.75 Å². The van der Waals surface area contributed by atoms with Gasteiger partial charge in [0.2, 0.25) is 0 Å². The van der Waals surface area contributed by atoms with Crippen LogP contribution in [0.1, 0.15) is 11.1 Å². The Kier molecular flexibility index (Phi) is 6.73. The van der Waals surface area contributed by atoms with Crippen LogP contribution >= 0.6 is 23.8 Å². The monoisotopic (exact) mass is 463 g/mol. The first-order valence-electron chi connectivity index (χ1n) is 10.1. The molecular formula is C25H22ClN3O2S. The second-order valence-corrected chi connectivity index (χ2v) is 8.18. The fourth-order valence-electron chi connectivity index (χ4n) is 3.45. The van der Waals surface area contributed by atoms with Crippen LogP contribution in [0.4, 0.5) is 5.69 Å². The number of rotatable bonds is 6. The zero-order valence-corrected chi connectivity index (χ0v) is 19.0. The summed E-state index contributed by atoms with van der Waals surface area (Å²) >= 11 is 11.8. The Labute approximate surface area is 196 Å². The largest absolute Gasteiger partial charge is 0.497 e. The quantitative estimate of drug-likeness (QED) is 0.365. The van der Waals surface area contributed by atoms with E-state index in [0.29, 0.717) is 28.8 Å². The molecule has 0 fully saturated rings. The van der Waals surface area contributed by atoms with Crippen molar-refractivity contribution in [3.8, 4) is 5.75 Å². The Morgan fingerprint density at radius 1 is 1.03 bits per heavy atom. The number of aromatic nitrogens is 1. The number of thiocarbonyl (C=S) groups is 1. The molecule has 4 aromatic rings. The van der Waals surface area contributed by atoms with Crippen molar-refractivity contribution in [1.29, 1.82) is 0 Å². The van der Waals surface area contributed by atoms with Crippen LogP contribution < -0.4 is 15.6 Å². The molecule has 2 N–H and O–H groups in total. The number of H-pyrrole nitrogens is 1. The van der Waals surface area contributed by atoms with Crippen molar-refractivity contribution in [2.45, 2.75) is 13.1 Å². The summed E-state index contributed by atoms with van der Waals surface area (Å²) in [6.07, 6.45) is 0. The fraction of sp³-hybridized carbons (Fsp3) is 0.120. The van der Waals surface area contributed by atoms with Gasteiger partial charge < -0.3 is 19.9 Å². The maximum absolute atomic E-state index is 12.8. The lowest BCUT2D eigenvalue weighted by Crippen LogP contribution is -2.35. The van der Waals surface area contributed by atoms with Crippen molar-refractivity contribution in [3.63, 3.8) is 0 Å². The van der Waals surface area contributed by atoms with Crippen molar-refractivity contribution in [2.75, 3.05) is 12.4 Å². The molecule has 4 rings (SSSR count). The molecule has 0 aliphatic carbocycles. The van der Waals surface area contributed by atoms with Crippen LogP contribution in [0.3, 0.4) is 0 Å². The van der Waals surface area contributed by atoms with Crippen molar-refractivity contribution >= 4 is 45.5 Å². The maximum Gasteiger partial charge on any atom is 0.253 e. The molecule has 3 aromatic carbocycles. The molecule has 1 heterocycles. The van der Waals surface area contributed by atoms with E-state index in [2.05, 4.69) is 10.3 Å². The summed E-state index contributed by atoms with van der Waals surface area (Å²) in [6, 6.07) is 24.8. The molecule has 0 bridgehead atoms. The summed E-state index contributed by atoms with van der Waals surface area (Å²) in [5.74, 6) is 0.731. The SMILES string of the molecule is COc1ccc2[nH]c(=O)c(CN(Cc3ccccc3)C(=S)Nc3cccc(Cl)c3)cc2c1. The molecule has 7 heteroatoms. The van der Waals surface area contributed by atoms with Gasteiger partial charge in [0.25, 0.3) is 5.56 Å². The van der Waals surface area contributed by atoms with Gasteiger partial charge in [-0.15, -0.1) is 0 Å². The normalized spacial score (nSPS) is 10.7. The summed E-state index contributed by atoms with van der Waals surface area (Å²) in [5.41, 5.74) is 3.09. The highest BCUT2D eigenvalue weighted by Gasteiger charge is 2.15. The van der Waals surface area contributed by atoms with Crippen LogP contribution in [-0.4, -0.2) is 22.1 Å². The molecule has 0 atom stereocenters. The zero-order chi connectivity index (χ0) is 22.5. The number of benzene rings is 3. The first-order valence-corrected chi connectivity index (χ1v) is 10.9. The summed E-state index contributed by atoms with van der Waals surface area (Å²) in [7, 11) is 1.62. The maximum atomic E-state index is 12.8. The number of hydrogen-bond donors (Lipinski definition) is 2. The highest BCUT2D eigenvalue weighted by molar-refractivity contribution is 7.80. The third-order valence-corrected chi connectivity index (χ3v) is 5.66. The minimum Gasteiger partial charge on any atom is -0.497 e. The number of fused-ring (bicyclic) bond motifs is 1. The summed E-state index contributed by atoms with van der Waals surface area (Å²) in [6.45, 7) is 0.882. The highest BCUT2D eigenvalue weighted by Crippen LogP contribution is 2.21. The van der Waals surface area contributed by atoms with Gasteiger partial charge in [-0.1, -0.05) is 48.0 Å². The second kappa shape index (κ2) is 9.85. The molecule has 0 saturated carbocycles. The topological polar surface area (TPSA) is 57.4 Å². The molecule has 162 valence electrons. The number of ether oxygens (including phenoxy) is 1. The van der Waals surface area contributed by atoms with E-state index in [1.54, 1.807) is 13.2 Å². The molecular weight excluding hydrogens is 442 g/mol. The molecule has 32 heavy (non-hydrogen) atoms. The van der Waals surface area contributed by atoms with E-state index in [9.17, 15) is 4.79 Å². The van der Waals surface area contributed by atoms with Crippen LogP contribution in [0.25, 0.3) is 10.9 Å². The van der Waals surface area contributed by atoms with Crippen LogP contribution in [-0.2, 0) is 13.1 Å². The number of aromatic amines is 1. The first-order chi connectivity index (χ1) is 15.5. The summed E-state index contributed by atoms with van der Waals surface area (Å²) in [4.78, 5) is 17.7. The van der Waals surface area contributed by atoms with Gasteiger partial charge >= 0.3 is 0 Å². The van der Waals surface area contributed by atoms with E-state index in [1.807, 2.05) is 77.7 Å². The first kappa shape index (κ1) is 21.9. The number of hydrogen-bond acceptors (Lipinski definition) is 3. The van der Waals surface area contributed by atoms with Crippen LogP contribution in [0.15, 0.2) is 83.7 Å². The molecule has 0 saturated heterocycles.